The summed E-state index contributed by atoms with van der Waals surface area (Å²) in [7, 11) is 0. The maximum Gasteiger partial charge on any atom is 0.306 e. The van der Waals surface area contributed by atoms with Crippen molar-refractivity contribution in [3.63, 3.8) is 0 Å². The molecule has 0 radical (unpaired) electrons. The Bertz CT molecular complexity index is 837. The molecule has 0 fully saturated rings. The summed E-state index contributed by atoms with van der Waals surface area (Å²) in [5.41, 5.74) is -0.0467. The first kappa shape index (κ1) is 21.5. The monoisotopic (exact) mass is 390 g/mol. The summed E-state index contributed by atoms with van der Waals surface area (Å²) in [6.07, 6.45) is -0.134. The summed E-state index contributed by atoms with van der Waals surface area (Å²) in [5.74, 6) is -0.872. The zero-order chi connectivity index (χ0) is 20.7. The van der Waals surface area contributed by atoms with Gasteiger partial charge in [0.1, 0.15) is 18.1 Å². The standard InChI is InChI=1S/C21H26O7/c1-4-26-19(24)10-17(21-20(25)18(23)9-16(11-22)28-21)14-5-7-15(8-6-14)27-12-13(2)3/h5-9,13,17,22,25H,4,10-12H2,1-3H3/t17-/m0/s1. The quantitative estimate of drug-likeness (QED) is 0.634. The minimum absolute atomic E-state index is 0.00328. The van der Waals surface area contributed by atoms with Gasteiger partial charge in [0.25, 0.3) is 0 Å². The predicted molar refractivity (Wildman–Crippen MR) is 102 cm³/mol. The van der Waals surface area contributed by atoms with Crippen molar-refractivity contribution in [3.8, 4) is 11.5 Å². The number of ether oxygens (including phenoxy) is 2. The summed E-state index contributed by atoms with van der Waals surface area (Å²) >= 11 is 0. The predicted octanol–water partition coefficient (Wildman–Crippen LogP) is 2.96. The lowest BCUT2D eigenvalue weighted by Gasteiger charge is -2.18. The molecule has 0 amide bonds. The van der Waals surface area contributed by atoms with E-state index in [1.165, 1.54) is 0 Å². The van der Waals surface area contributed by atoms with Crippen molar-refractivity contribution in [2.24, 2.45) is 5.92 Å². The fraction of sp³-hybridized carbons (Fsp3) is 0.429. The van der Waals surface area contributed by atoms with Gasteiger partial charge in [-0.25, -0.2) is 0 Å². The van der Waals surface area contributed by atoms with E-state index in [1.807, 2.05) is 13.8 Å². The van der Waals surface area contributed by atoms with Gasteiger partial charge in [-0.2, -0.15) is 0 Å². The first-order valence-corrected chi connectivity index (χ1v) is 9.20. The van der Waals surface area contributed by atoms with E-state index in [-0.39, 0.29) is 24.5 Å². The molecule has 0 spiro atoms. The number of aliphatic hydroxyl groups excluding tert-OH is 1. The Labute approximate surface area is 163 Å². The van der Waals surface area contributed by atoms with Crippen LogP contribution < -0.4 is 10.2 Å². The van der Waals surface area contributed by atoms with Crippen LogP contribution >= 0.6 is 0 Å². The van der Waals surface area contributed by atoms with Crippen LogP contribution in [-0.4, -0.2) is 29.4 Å². The van der Waals surface area contributed by atoms with Gasteiger partial charge in [-0.1, -0.05) is 26.0 Å². The minimum atomic E-state index is -0.752. The normalized spacial score (nSPS) is 12.0. The second-order valence-electron chi connectivity index (χ2n) is 6.78. The summed E-state index contributed by atoms with van der Waals surface area (Å²) in [6, 6.07) is 8.00. The highest BCUT2D eigenvalue weighted by molar-refractivity contribution is 5.71. The topological polar surface area (TPSA) is 106 Å². The lowest BCUT2D eigenvalue weighted by Crippen LogP contribution is -2.15. The van der Waals surface area contributed by atoms with Gasteiger partial charge in [0, 0.05) is 6.07 Å². The molecule has 0 aliphatic heterocycles. The highest BCUT2D eigenvalue weighted by Gasteiger charge is 2.26. The summed E-state index contributed by atoms with van der Waals surface area (Å²) in [6.45, 7) is 6.06. The molecule has 0 saturated heterocycles. The van der Waals surface area contributed by atoms with Crippen molar-refractivity contribution < 1.29 is 28.9 Å². The molecule has 0 unspecified atom stereocenters. The van der Waals surface area contributed by atoms with Crippen molar-refractivity contribution >= 4 is 5.97 Å². The van der Waals surface area contributed by atoms with Crippen LogP contribution in [0.25, 0.3) is 0 Å². The van der Waals surface area contributed by atoms with Crippen LogP contribution in [0.2, 0.25) is 0 Å². The van der Waals surface area contributed by atoms with Crippen LogP contribution in [-0.2, 0) is 16.1 Å². The second-order valence-corrected chi connectivity index (χ2v) is 6.78. The van der Waals surface area contributed by atoms with Crippen molar-refractivity contribution in [2.75, 3.05) is 13.2 Å². The average molecular weight is 390 g/mol. The van der Waals surface area contributed by atoms with Crippen molar-refractivity contribution in [1.29, 1.82) is 0 Å². The van der Waals surface area contributed by atoms with E-state index in [2.05, 4.69) is 0 Å². The molecule has 152 valence electrons. The number of hydrogen-bond donors (Lipinski definition) is 2. The Morgan fingerprint density at radius 1 is 1.21 bits per heavy atom. The molecule has 28 heavy (non-hydrogen) atoms. The van der Waals surface area contributed by atoms with Crippen LogP contribution in [0.1, 0.15) is 50.2 Å². The summed E-state index contributed by atoms with van der Waals surface area (Å²) < 4.78 is 16.2. The first-order chi connectivity index (χ1) is 13.3. The van der Waals surface area contributed by atoms with Crippen molar-refractivity contribution in [3.05, 3.63) is 57.6 Å². The molecule has 0 aliphatic carbocycles. The average Bonchev–Trinajstić information content (AvgIpc) is 2.67. The maximum absolute atomic E-state index is 12.1. The molecule has 1 heterocycles. The number of aliphatic hydroxyl groups is 1. The number of hydrogen-bond acceptors (Lipinski definition) is 7. The highest BCUT2D eigenvalue weighted by Crippen LogP contribution is 2.34. The van der Waals surface area contributed by atoms with Crippen molar-refractivity contribution in [1.82, 2.24) is 0 Å². The molecule has 1 atom stereocenters. The second kappa shape index (κ2) is 9.94. The molecule has 7 nitrogen and oxygen atoms in total. The first-order valence-electron chi connectivity index (χ1n) is 9.20. The van der Waals surface area contributed by atoms with E-state index in [4.69, 9.17) is 13.9 Å². The number of benzene rings is 1. The van der Waals surface area contributed by atoms with Gasteiger partial charge in [0.05, 0.1) is 25.6 Å². The zero-order valence-electron chi connectivity index (χ0n) is 16.3. The van der Waals surface area contributed by atoms with Gasteiger partial charge in [0.2, 0.25) is 11.2 Å². The van der Waals surface area contributed by atoms with Gasteiger partial charge in [-0.15, -0.1) is 0 Å². The van der Waals surface area contributed by atoms with E-state index in [9.17, 15) is 19.8 Å². The molecule has 1 aromatic heterocycles. The number of aromatic hydroxyl groups is 1. The minimum Gasteiger partial charge on any atom is -0.502 e. The molecular formula is C21H26O7. The van der Waals surface area contributed by atoms with Crippen LogP contribution in [0.3, 0.4) is 0 Å². The molecule has 1 aromatic carbocycles. The molecule has 7 heteroatoms. The molecular weight excluding hydrogens is 364 g/mol. The SMILES string of the molecule is CCOC(=O)C[C@@H](c1ccc(OCC(C)C)cc1)c1oc(CO)cc(=O)c1O. The van der Waals surface area contributed by atoms with Gasteiger partial charge >= 0.3 is 5.97 Å². The van der Waals surface area contributed by atoms with Gasteiger partial charge in [0.15, 0.2) is 5.76 Å². The van der Waals surface area contributed by atoms with Gasteiger partial charge in [-0.05, 0) is 30.5 Å². The number of carbonyl (C=O) groups excluding carboxylic acids is 1. The Morgan fingerprint density at radius 2 is 1.89 bits per heavy atom. The van der Waals surface area contributed by atoms with Crippen LogP contribution in [0.4, 0.5) is 0 Å². The fourth-order valence-corrected chi connectivity index (χ4v) is 2.68. The fourth-order valence-electron chi connectivity index (χ4n) is 2.68. The van der Waals surface area contributed by atoms with E-state index in [0.717, 1.165) is 6.07 Å². The molecule has 2 rings (SSSR count). The Balaban J connectivity index is 2.41. The van der Waals surface area contributed by atoms with E-state index in [0.29, 0.717) is 23.8 Å². The maximum atomic E-state index is 12.1. The van der Waals surface area contributed by atoms with Gasteiger partial charge < -0.3 is 24.1 Å². The van der Waals surface area contributed by atoms with E-state index < -0.39 is 29.7 Å². The number of carbonyl (C=O) groups is 1. The Hall–Kier alpha value is -2.80. The molecule has 2 aromatic rings. The third kappa shape index (κ3) is 5.60. The third-order valence-corrected chi connectivity index (χ3v) is 4.01. The number of rotatable bonds is 9. The van der Waals surface area contributed by atoms with Gasteiger partial charge in [-0.3, -0.25) is 9.59 Å². The van der Waals surface area contributed by atoms with Crippen LogP contribution in [0.5, 0.6) is 11.5 Å². The molecule has 2 N–H and O–H groups in total. The summed E-state index contributed by atoms with van der Waals surface area (Å²) in [4.78, 5) is 24.1. The summed E-state index contributed by atoms with van der Waals surface area (Å²) in [5, 5.41) is 19.5. The van der Waals surface area contributed by atoms with E-state index >= 15 is 0 Å². The van der Waals surface area contributed by atoms with Crippen LogP contribution in [0.15, 0.2) is 39.5 Å². The Morgan fingerprint density at radius 3 is 2.46 bits per heavy atom. The lowest BCUT2D eigenvalue weighted by molar-refractivity contribution is -0.143. The smallest absolute Gasteiger partial charge is 0.306 e. The lowest BCUT2D eigenvalue weighted by atomic mass is 9.92. The third-order valence-electron chi connectivity index (χ3n) is 4.01. The largest absolute Gasteiger partial charge is 0.502 e. The zero-order valence-corrected chi connectivity index (χ0v) is 16.3. The number of esters is 1. The molecule has 0 bridgehead atoms. The Kier molecular flexibility index (Phi) is 7.63. The highest BCUT2D eigenvalue weighted by atomic mass is 16.5. The van der Waals surface area contributed by atoms with E-state index in [1.54, 1.807) is 31.2 Å². The molecule has 0 saturated carbocycles. The van der Waals surface area contributed by atoms with Crippen molar-refractivity contribution in [2.45, 2.75) is 39.7 Å². The molecule has 0 aliphatic rings. The van der Waals surface area contributed by atoms with Crippen LogP contribution in [0, 0.1) is 5.92 Å².